The first-order valence-corrected chi connectivity index (χ1v) is 10.6. The van der Waals surface area contributed by atoms with Crippen LogP contribution in [0.1, 0.15) is 0 Å². The quantitative estimate of drug-likeness (QED) is 0.483. The topological polar surface area (TPSA) is 112 Å². The van der Waals surface area contributed by atoms with E-state index in [4.69, 9.17) is 0 Å². The smallest absolute Gasteiger partial charge is 0.266 e. The van der Waals surface area contributed by atoms with Gasteiger partial charge in [-0.05, 0) is 29.3 Å². The third-order valence-corrected chi connectivity index (χ3v) is 5.87. The molecule has 152 valence electrons. The van der Waals surface area contributed by atoms with Crippen molar-refractivity contribution in [3.8, 4) is 16.9 Å². The van der Waals surface area contributed by atoms with E-state index >= 15 is 0 Å². The molecule has 0 saturated heterocycles. The van der Waals surface area contributed by atoms with E-state index in [0.29, 0.717) is 5.82 Å². The Morgan fingerprint density at radius 3 is 2.33 bits per heavy atom. The fourth-order valence-electron chi connectivity index (χ4n) is 2.87. The number of benzene rings is 2. The van der Waals surface area contributed by atoms with Crippen LogP contribution in [-0.2, 0) is 16.6 Å². The summed E-state index contributed by atoms with van der Waals surface area (Å²) in [5.74, 6) is 0.409. The third-order valence-electron chi connectivity index (χ3n) is 4.39. The lowest BCUT2D eigenvalue weighted by Gasteiger charge is -2.09. The molecule has 1 N–H and O–H groups in total. The zero-order valence-electron chi connectivity index (χ0n) is 15.8. The minimum Gasteiger partial charge on any atom is -0.268 e. The van der Waals surface area contributed by atoms with Gasteiger partial charge < -0.3 is 0 Å². The number of nitrogens with one attached hydrogen (secondary N) is 1. The minimum absolute atomic E-state index is 0.0104. The van der Waals surface area contributed by atoms with Crippen molar-refractivity contribution in [2.24, 2.45) is 0 Å². The van der Waals surface area contributed by atoms with E-state index in [0.717, 1.165) is 11.1 Å². The van der Waals surface area contributed by atoms with Crippen LogP contribution in [0.2, 0.25) is 0 Å². The van der Waals surface area contributed by atoms with Gasteiger partial charge in [0, 0.05) is 12.6 Å². The van der Waals surface area contributed by atoms with Gasteiger partial charge in [-0.2, -0.15) is 5.10 Å². The summed E-state index contributed by atoms with van der Waals surface area (Å²) in [6.07, 6.45) is 2.81. The van der Waals surface area contributed by atoms with E-state index in [1.165, 1.54) is 34.2 Å². The molecule has 0 unspecified atom stereocenters. The SMILES string of the molecule is O=c1ccc(-n2cncn2)nn1CCNS(=O)(=O)c1ccc(-c2ccccc2)cc1. The molecule has 30 heavy (non-hydrogen) atoms. The lowest BCUT2D eigenvalue weighted by molar-refractivity contribution is 0.542. The minimum atomic E-state index is -3.72. The van der Waals surface area contributed by atoms with Crippen LogP contribution < -0.4 is 10.3 Å². The third kappa shape index (κ3) is 4.34. The Balaban J connectivity index is 1.44. The number of rotatable bonds is 7. The molecule has 4 aromatic rings. The molecule has 0 amide bonds. The summed E-state index contributed by atoms with van der Waals surface area (Å²) in [5, 5.41) is 8.14. The number of sulfonamides is 1. The fourth-order valence-corrected chi connectivity index (χ4v) is 3.89. The number of hydrogen-bond acceptors (Lipinski definition) is 6. The summed E-state index contributed by atoms with van der Waals surface area (Å²) in [6, 6.07) is 19.2. The average Bonchev–Trinajstić information content (AvgIpc) is 3.31. The van der Waals surface area contributed by atoms with Crippen molar-refractivity contribution >= 4 is 10.0 Å². The second-order valence-corrected chi connectivity index (χ2v) is 8.15. The van der Waals surface area contributed by atoms with Crippen LogP contribution in [0.15, 0.2) is 89.1 Å². The van der Waals surface area contributed by atoms with E-state index in [-0.39, 0.29) is 23.5 Å². The fraction of sp³-hybridized carbons (Fsp3) is 0.100. The van der Waals surface area contributed by atoms with Gasteiger partial charge in [-0.3, -0.25) is 4.79 Å². The predicted molar refractivity (Wildman–Crippen MR) is 110 cm³/mol. The van der Waals surface area contributed by atoms with E-state index in [9.17, 15) is 13.2 Å². The largest absolute Gasteiger partial charge is 0.268 e. The van der Waals surface area contributed by atoms with Crippen LogP contribution in [0.5, 0.6) is 0 Å². The van der Waals surface area contributed by atoms with Crippen molar-refractivity contribution in [2.75, 3.05) is 6.54 Å². The summed E-state index contributed by atoms with van der Waals surface area (Å²) in [7, 11) is -3.72. The van der Waals surface area contributed by atoms with Crippen LogP contribution in [0.4, 0.5) is 0 Å². The maximum atomic E-state index is 12.6. The summed E-state index contributed by atoms with van der Waals surface area (Å²) in [5.41, 5.74) is 1.59. The highest BCUT2D eigenvalue weighted by Crippen LogP contribution is 2.20. The molecule has 2 aromatic heterocycles. The highest BCUT2D eigenvalue weighted by atomic mass is 32.2. The molecule has 0 aliphatic rings. The van der Waals surface area contributed by atoms with Gasteiger partial charge in [0.1, 0.15) is 12.7 Å². The highest BCUT2D eigenvalue weighted by Gasteiger charge is 2.14. The van der Waals surface area contributed by atoms with Crippen molar-refractivity contribution in [3.05, 3.63) is 89.7 Å². The summed E-state index contributed by atoms with van der Waals surface area (Å²) >= 11 is 0. The van der Waals surface area contributed by atoms with Crippen molar-refractivity contribution in [1.82, 2.24) is 29.3 Å². The van der Waals surface area contributed by atoms with Gasteiger partial charge in [0.05, 0.1) is 11.4 Å². The number of nitrogens with zero attached hydrogens (tertiary/aromatic N) is 5. The molecular formula is C20H18N6O3S. The highest BCUT2D eigenvalue weighted by molar-refractivity contribution is 7.89. The van der Waals surface area contributed by atoms with Crippen LogP contribution in [0.3, 0.4) is 0 Å². The first-order chi connectivity index (χ1) is 14.5. The molecule has 2 aromatic carbocycles. The molecule has 0 spiro atoms. The zero-order chi connectivity index (χ0) is 21.0. The molecule has 9 nitrogen and oxygen atoms in total. The van der Waals surface area contributed by atoms with Crippen molar-refractivity contribution in [2.45, 2.75) is 11.4 Å². The van der Waals surface area contributed by atoms with Gasteiger partial charge in [-0.25, -0.2) is 27.5 Å². The van der Waals surface area contributed by atoms with Crippen LogP contribution >= 0.6 is 0 Å². The summed E-state index contributed by atoms with van der Waals surface area (Å²) in [6.45, 7) is 0.0825. The molecule has 2 heterocycles. The Hall–Kier alpha value is -3.63. The van der Waals surface area contributed by atoms with E-state index in [1.807, 2.05) is 30.3 Å². The summed E-state index contributed by atoms with van der Waals surface area (Å²) < 4.78 is 30.2. The molecule has 0 saturated carbocycles. The van der Waals surface area contributed by atoms with Gasteiger partial charge in [-0.15, -0.1) is 5.10 Å². The van der Waals surface area contributed by atoms with Gasteiger partial charge >= 0.3 is 0 Å². The zero-order valence-corrected chi connectivity index (χ0v) is 16.6. The molecule has 0 radical (unpaired) electrons. The molecule has 0 fully saturated rings. The lowest BCUT2D eigenvalue weighted by Crippen LogP contribution is -2.32. The van der Waals surface area contributed by atoms with E-state index in [2.05, 4.69) is 19.9 Å². The van der Waals surface area contributed by atoms with E-state index in [1.54, 1.807) is 24.3 Å². The van der Waals surface area contributed by atoms with Crippen molar-refractivity contribution in [1.29, 1.82) is 0 Å². The van der Waals surface area contributed by atoms with Crippen molar-refractivity contribution < 1.29 is 8.42 Å². The molecule has 0 atom stereocenters. The molecule has 4 rings (SSSR count). The Morgan fingerprint density at radius 2 is 1.63 bits per heavy atom. The second-order valence-electron chi connectivity index (χ2n) is 6.38. The number of hydrogen-bond donors (Lipinski definition) is 1. The van der Waals surface area contributed by atoms with Crippen LogP contribution in [-0.4, -0.2) is 39.5 Å². The van der Waals surface area contributed by atoms with Gasteiger partial charge in [0.15, 0.2) is 5.82 Å². The first kappa shape index (κ1) is 19.7. The lowest BCUT2D eigenvalue weighted by atomic mass is 10.1. The van der Waals surface area contributed by atoms with Crippen LogP contribution in [0, 0.1) is 0 Å². The molecule has 0 aliphatic carbocycles. The standard InChI is InChI=1S/C20H18N6O3S/c27-20-11-10-19(26-15-21-14-22-26)24-25(20)13-12-23-30(28,29)18-8-6-17(7-9-18)16-4-2-1-3-5-16/h1-11,14-15,23H,12-13H2. The summed E-state index contributed by atoms with van der Waals surface area (Å²) in [4.78, 5) is 16.0. The molecule has 0 bridgehead atoms. The molecular weight excluding hydrogens is 404 g/mol. The molecule has 0 aliphatic heterocycles. The maximum Gasteiger partial charge on any atom is 0.266 e. The molecule has 10 heteroatoms. The Labute approximate surface area is 172 Å². The normalized spacial score (nSPS) is 11.5. The van der Waals surface area contributed by atoms with Gasteiger partial charge in [-0.1, -0.05) is 42.5 Å². The monoisotopic (exact) mass is 422 g/mol. The predicted octanol–water partition coefficient (Wildman–Crippen LogP) is 1.47. The Kier molecular flexibility index (Phi) is 5.50. The van der Waals surface area contributed by atoms with Gasteiger partial charge in [0.25, 0.3) is 5.56 Å². The van der Waals surface area contributed by atoms with Crippen LogP contribution in [0.25, 0.3) is 16.9 Å². The average molecular weight is 422 g/mol. The Bertz CT molecular complexity index is 1280. The maximum absolute atomic E-state index is 12.6. The Morgan fingerprint density at radius 1 is 0.900 bits per heavy atom. The second kappa shape index (κ2) is 8.39. The number of aromatic nitrogens is 5. The van der Waals surface area contributed by atoms with Crippen molar-refractivity contribution in [3.63, 3.8) is 0 Å². The van der Waals surface area contributed by atoms with Gasteiger partial charge in [0.2, 0.25) is 10.0 Å². The first-order valence-electron chi connectivity index (χ1n) is 9.11. The van der Waals surface area contributed by atoms with E-state index < -0.39 is 10.0 Å².